The van der Waals surface area contributed by atoms with Gasteiger partial charge in [0.05, 0.1) is 29.8 Å². The second-order valence-corrected chi connectivity index (χ2v) is 6.72. The molecule has 0 aliphatic heterocycles. The summed E-state index contributed by atoms with van der Waals surface area (Å²) in [4.78, 5) is 12.3. The van der Waals surface area contributed by atoms with Gasteiger partial charge in [0, 0.05) is 24.5 Å². The van der Waals surface area contributed by atoms with Crippen LogP contribution in [0, 0.1) is 11.3 Å². The van der Waals surface area contributed by atoms with Crippen molar-refractivity contribution >= 4 is 11.6 Å². The lowest BCUT2D eigenvalue weighted by molar-refractivity contribution is 0.147. The van der Waals surface area contributed by atoms with Crippen LogP contribution < -0.4 is 15.8 Å². The zero-order chi connectivity index (χ0) is 19.3. The van der Waals surface area contributed by atoms with E-state index in [9.17, 15) is 0 Å². The van der Waals surface area contributed by atoms with Gasteiger partial charge in [0.15, 0.2) is 11.5 Å². The molecular formula is C19H20N8O. The molecule has 0 bridgehead atoms. The van der Waals surface area contributed by atoms with Crippen molar-refractivity contribution in [3.63, 3.8) is 0 Å². The highest BCUT2D eigenvalue weighted by Gasteiger charge is 2.21. The van der Waals surface area contributed by atoms with Gasteiger partial charge in [-0.3, -0.25) is 10.1 Å². The SMILES string of the molecule is N#Cc1cnc(Nc2cc(-c3cnccc3O[C@H]3CC[C@H](N)CC3)[nH]n2)cn1. The number of nitriles is 1. The minimum Gasteiger partial charge on any atom is -0.490 e. The number of aromatic nitrogens is 5. The van der Waals surface area contributed by atoms with Crippen LogP contribution in [0.5, 0.6) is 5.75 Å². The van der Waals surface area contributed by atoms with Gasteiger partial charge in [-0.25, -0.2) is 9.97 Å². The van der Waals surface area contributed by atoms with Gasteiger partial charge in [-0.1, -0.05) is 0 Å². The second kappa shape index (κ2) is 8.02. The van der Waals surface area contributed by atoms with Crippen molar-refractivity contribution in [1.82, 2.24) is 25.1 Å². The van der Waals surface area contributed by atoms with Crippen molar-refractivity contribution in [2.45, 2.75) is 37.8 Å². The Morgan fingerprint density at radius 2 is 2.00 bits per heavy atom. The maximum atomic E-state index is 8.79. The van der Waals surface area contributed by atoms with E-state index < -0.39 is 0 Å². The molecule has 1 saturated carbocycles. The lowest BCUT2D eigenvalue weighted by Crippen LogP contribution is -2.31. The molecule has 4 rings (SSSR count). The molecule has 142 valence electrons. The molecule has 0 aromatic carbocycles. The summed E-state index contributed by atoms with van der Waals surface area (Å²) >= 11 is 0. The predicted molar refractivity (Wildman–Crippen MR) is 103 cm³/mol. The smallest absolute Gasteiger partial charge is 0.158 e. The second-order valence-electron chi connectivity index (χ2n) is 6.72. The first-order chi connectivity index (χ1) is 13.7. The van der Waals surface area contributed by atoms with Gasteiger partial charge in [-0.15, -0.1) is 0 Å². The quantitative estimate of drug-likeness (QED) is 0.617. The third kappa shape index (κ3) is 4.07. The van der Waals surface area contributed by atoms with Gasteiger partial charge in [0.25, 0.3) is 0 Å². The fourth-order valence-electron chi connectivity index (χ4n) is 3.18. The van der Waals surface area contributed by atoms with E-state index in [1.54, 1.807) is 12.4 Å². The summed E-state index contributed by atoms with van der Waals surface area (Å²) in [5.74, 6) is 1.84. The molecule has 0 atom stereocenters. The van der Waals surface area contributed by atoms with Crippen LogP contribution in [0.3, 0.4) is 0 Å². The van der Waals surface area contributed by atoms with Crippen LogP contribution in [0.15, 0.2) is 36.9 Å². The zero-order valence-corrected chi connectivity index (χ0v) is 15.2. The lowest BCUT2D eigenvalue weighted by atomic mass is 9.93. The van der Waals surface area contributed by atoms with Crippen molar-refractivity contribution in [3.05, 3.63) is 42.6 Å². The largest absolute Gasteiger partial charge is 0.490 e. The summed E-state index contributed by atoms with van der Waals surface area (Å²) in [6.07, 6.45) is 10.4. The van der Waals surface area contributed by atoms with Crippen LogP contribution in [0.2, 0.25) is 0 Å². The fourth-order valence-corrected chi connectivity index (χ4v) is 3.18. The van der Waals surface area contributed by atoms with E-state index in [1.807, 2.05) is 18.2 Å². The number of nitrogens with two attached hydrogens (primary N) is 1. The van der Waals surface area contributed by atoms with Crippen LogP contribution in [-0.2, 0) is 0 Å². The van der Waals surface area contributed by atoms with Crippen molar-refractivity contribution in [1.29, 1.82) is 5.26 Å². The Kier molecular flexibility index (Phi) is 5.12. The number of nitrogens with one attached hydrogen (secondary N) is 2. The highest BCUT2D eigenvalue weighted by molar-refractivity contribution is 5.69. The van der Waals surface area contributed by atoms with E-state index in [-0.39, 0.29) is 17.8 Å². The first-order valence-electron chi connectivity index (χ1n) is 9.12. The van der Waals surface area contributed by atoms with E-state index in [0.29, 0.717) is 11.6 Å². The number of ether oxygens (including phenoxy) is 1. The number of hydrogen-bond donors (Lipinski definition) is 3. The number of nitrogens with zero attached hydrogens (tertiary/aromatic N) is 5. The van der Waals surface area contributed by atoms with E-state index in [2.05, 4.69) is 30.5 Å². The molecule has 0 radical (unpaired) electrons. The fraction of sp³-hybridized carbons (Fsp3) is 0.316. The molecule has 0 amide bonds. The maximum absolute atomic E-state index is 8.79. The molecule has 3 heterocycles. The Balaban J connectivity index is 1.49. The molecule has 4 N–H and O–H groups in total. The van der Waals surface area contributed by atoms with Crippen molar-refractivity contribution < 1.29 is 4.74 Å². The van der Waals surface area contributed by atoms with E-state index >= 15 is 0 Å². The molecule has 3 aromatic heterocycles. The first kappa shape index (κ1) is 17.9. The standard InChI is InChI=1S/C19H20N8O/c20-8-13-9-24-19(11-23-13)25-18-7-16(26-27-18)15-10-22-6-5-17(15)28-14-3-1-12(21)2-4-14/h5-7,9-12,14H,1-4,21H2,(H2,24,25,26,27)/t12-,14-. The minimum absolute atomic E-state index is 0.162. The van der Waals surface area contributed by atoms with Gasteiger partial charge in [0.1, 0.15) is 17.6 Å². The Morgan fingerprint density at radius 3 is 2.75 bits per heavy atom. The van der Waals surface area contributed by atoms with Crippen molar-refractivity contribution in [2.24, 2.45) is 5.73 Å². The molecular weight excluding hydrogens is 356 g/mol. The van der Waals surface area contributed by atoms with E-state index in [1.165, 1.54) is 12.4 Å². The predicted octanol–water partition coefficient (Wildman–Crippen LogP) is 2.53. The normalized spacial score (nSPS) is 19.0. The third-order valence-corrected chi connectivity index (χ3v) is 4.68. The molecule has 0 unspecified atom stereocenters. The highest BCUT2D eigenvalue weighted by Crippen LogP contribution is 2.32. The first-order valence-corrected chi connectivity index (χ1v) is 9.12. The molecule has 28 heavy (non-hydrogen) atoms. The average Bonchev–Trinajstić information content (AvgIpc) is 3.19. The van der Waals surface area contributed by atoms with Crippen LogP contribution in [-0.4, -0.2) is 37.3 Å². The number of aromatic amines is 1. The summed E-state index contributed by atoms with van der Waals surface area (Å²) in [6, 6.07) is 5.93. The molecule has 0 spiro atoms. The maximum Gasteiger partial charge on any atom is 0.158 e. The Labute approximate surface area is 162 Å². The summed E-state index contributed by atoms with van der Waals surface area (Å²) < 4.78 is 6.23. The Morgan fingerprint density at radius 1 is 1.14 bits per heavy atom. The summed E-state index contributed by atoms with van der Waals surface area (Å²) in [5.41, 5.74) is 7.86. The van der Waals surface area contributed by atoms with Crippen LogP contribution >= 0.6 is 0 Å². The van der Waals surface area contributed by atoms with Gasteiger partial charge < -0.3 is 15.8 Å². The molecule has 3 aromatic rings. The van der Waals surface area contributed by atoms with Gasteiger partial charge in [0.2, 0.25) is 0 Å². The van der Waals surface area contributed by atoms with E-state index in [0.717, 1.165) is 42.7 Å². The van der Waals surface area contributed by atoms with Crippen LogP contribution in [0.1, 0.15) is 31.4 Å². The molecule has 1 fully saturated rings. The topological polar surface area (TPSA) is 138 Å². The summed E-state index contributed by atoms with van der Waals surface area (Å²) in [6.45, 7) is 0. The molecule has 1 aliphatic carbocycles. The summed E-state index contributed by atoms with van der Waals surface area (Å²) in [7, 11) is 0. The van der Waals surface area contributed by atoms with Crippen molar-refractivity contribution in [2.75, 3.05) is 5.32 Å². The van der Waals surface area contributed by atoms with E-state index in [4.69, 9.17) is 15.7 Å². The van der Waals surface area contributed by atoms with Crippen LogP contribution in [0.25, 0.3) is 11.3 Å². The third-order valence-electron chi connectivity index (χ3n) is 4.68. The number of rotatable bonds is 5. The molecule has 9 heteroatoms. The number of anilines is 2. The van der Waals surface area contributed by atoms with Gasteiger partial charge >= 0.3 is 0 Å². The Bertz CT molecular complexity index is 970. The lowest BCUT2D eigenvalue weighted by Gasteiger charge is -2.27. The van der Waals surface area contributed by atoms with Gasteiger partial charge in [-0.2, -0.15) is 10.4 Å². The van der Waals surface area contributed by atoms with Crippen LogP contribution in [0.4, 0.5) is 11.6 Å². The van der Waals surface area contributed by atoms with Gasteiger partial charge in [-0.05, 0) is 31.7 Å². The number of H-pyrrole nitrogens is 1. The van der Waals surface area contributed by atoms with Crippen molar-refractivity contribution in [3.8, 4) is 23.1 Å². The number of hydrogen-bond acceptors (Lipinski definition) is 8. The Hall–Kier alpha value is -3.51. The molecule has 9 nitrogen and oxygen atoms in total. The monoisotopic (exact) mass is 376 g/mol. The molecule has 0 saturated heterocycles. The number of pyridine rings is 1. The minimum atomic E-state index is 0.162. The summed E-state index contributed by atoms with van der Waals surface area (Å²) in [5, 5.41) is 19.1. The highest BCUT2D eigenvalue weighted by atomic mass is 16.5. The average molecular weight is 376 g/mol. The molecule has 1 aliphatic rings. The zero-order valence-electron chi connectivity index (χ0n) is 15.2.